The highest BCUT2D eigenvalue weighted by Gasteiger charge is 1.97. The van der Waals surface area contributed by atoms with Gasteiger partial charge in [0, 0.05) is 11.0 Å². The maximum atomic E-state index is 5.63. The number of benzene rings is 1. The molecule has 0 atom stereocenters. The zero-order valence-electron chi connectivity index (χ0n) is 24.3. The number of nitrogen functional groups attached to an aromatic ring is 1. The maximum absolute atomic E-state index is 5.63. The van der Waals surface area contributed by atoms with Crippen molar-refractivity contribution < 1.29 is 52.1 Å². The van der Waals surface area contributed by atoms with Gasteiger partial charge in [-0.25, -0.2) is 0 Å². The molecule has 0 amide bonds. The van der Waals surface area contributed by atoms with Crippen LogP contribution in [0.25, 0.3) is 0 Å². The fraction of sp³-hybridized carbons (Fsp3) is 0.786. The van der Waals surface area contributed by atoms with Crippen molar-refractivity contribution in [1.82, 2.24) is 0 Å². The molecule has 0 fully saturated rings. The highest BCUT2D eigenvalue weighted by atomic mass is 79.9. The summed E-state index contributed by atoms with van der Waals surface area (Å²) in [5, 5.41) is 0.838. The van der Waals surface area contributed by atoms with E-state index in [9.17, 15) is 0 Å². The second-order valence-electron chi connectivity index (χ2n) is 8.23. The van der Waals surface area contributed by atoms with Crippen LogP contribution in [0.4, 0.5) is 5.69 Å². The van der Waals surface area contributed by atoms with Gasteiger partial charge in [0.1, 0.15) is 12.4 Å². The molecule has 0 radical (unpaired) electrons. The molecule has 0 saturated carbocycles. The molecule has 0 aliphatic heterocycles. The van der Waals surface area contributed by atoms with Gasteiger partial charge in [0.15, 0.2) is 0 Å². The van der Waals surface area contributed by atoms with Crippen LogP contribution >= 0.6 is 15.9 Å². The molecule has 12 nitrogen and oxygen atoms in total. The Morgan fingerprint density at radius 2 is 0.610 bits per heavy atom. The van der Waals surface area contributed by atoms with E-state index in [-0.39, 0.29) is 0 Å². The highest BCUT2D eigenvalue weighted by Crippen LogP contribution is 2.12. The lowest BCUT2D eigenvalue weighted by Gasteiger charge is -2.09. The highest BCUT2D eigenvalue weighted by molar-refractivity contribution is 9.09. The topological polar surface area (TPSA) is 128 Å². The molecule has 1 aromatic rings. The van der Waals surface area contributed by atoms with Gasteiger partial charge in [0.2, 0.25) is 0 Å². The van der Waals surface area contributed by atoms with Crippen molar-refractivity contribution in [3.8, 4) is 5.75 Å². The van der Waals surface area contributed by atoms with E-state index in [4.69, 9.17) is 57.8 Å². The number of nitrogens with two attached hydrogens (primary N) is 1. The van der Waals surface area contributed by atoms with Crippen LogP contribution in [0.5, 0.6) is 5.75 Å². The summed E-state index contributed by atoms with van der Waals surface area (Å²) in [6.45, 7) is 11.2. The third-order valence-corrected chi connectivity index (χ3v) is 5.27. The van der Waals surface area contributed by atoms with Gasteiger partial charge < -0.3 is 57.8 Å². The zero-order chi connectivity index (χ0) is 29.3. The summed E-state index contributed by atoms with van der Waals surface area (Å²) < 4.78 is 59.9. The van der Waals surface area contributed by atoms with E-state index in [1.54, 1.807) is 12.1 Å². The van der Waals surface area contributed by atoms with Crippen molar-refractivity contribution in [1.29, 1.82) is 0 Å². The summed E-state index contributed by atoms with van der Waals surface area (Å²) in [7, 11) is 0. The number of rotatable bonds is 33. The molecule has 1 rings (SSSR count). The van der Waals surface area contributed by atoms with Gasteiger partial charge >= 0.3 is 0 Å². The SMILES string of the molecule is Nc1ccc(OCCOCCOCCOCCOCCOCCOCCOCCOCCOCCOCCBr)cc1. The van der Waals surface area contributed by atoms with Gasteiger partial charge in [-0.05, 0) is 24.3 Å². The molecule has 0 unspecified atom stereocenters. The van der Waals surface area contributed by atoms with Gasteiger partial charge in [-0.2, -0.15) is 0 Å². The molecule has 13 heteroatoms. The maximum Gasteiger partial charge on any atom is 0.119 e. The number of hydrogen-bond donors (Lipinski definition) is 1. The molecule has 0 aromatic heterocycles. The Kier molecular flexibility index (Phi) is 29.4. The van der Waals surface area contributed by atoms with Crippen LogP contribution in [-0.4, -0.2) is 144 Å². The Balaban J connectivity index is 1.63. The van der Waals surface area contributed by atoms with Crippen molar-refractivity contribution in [2.45, 2.75) is 0 Å². The predicted octanol–water partition coefficient (Wildman–Crippen LogP) is 2.21. The average molecular weight is 657 g/mol. The summed E-state index contributed by atoms with van der Waals surface area (Å²) in [5.74, 6) is 0.773. The predicted molar refractivity (Wildman–Crippen MR) is 158 cm³/mol. The first kappa shape index (κ1) is 37.9. The van der Waals surface area contributed by atoms with E-state index < -0.39 is 0 Å². The quantitative estimate of drug-likeness (QED) is 0.0677. The second-order valence-corrected chi connectivity index (χ2v) is 9.02. The Labute approximate surface area is 253 Å². The Bertz CT molecular complexity index is 646. The molecule has 0 saturated heterocycles. The summed E-state index contributed by atoms with van der Waals surface area (Å²) in [5.41, 5.74) is 6.35. The summed E-state index contributed by atoms with van der Waals surface area (Å²) in [4.78, 5) is 0. The van der Waals surface area contributed by atoms with Crippen LogP contribution < -0.4 is 10.5 Å². The van der Waals surface area contributed by atoms with Crippen molar-refractivity contribution in [2.75, 3.05) is 150 Å². The summed E-state index contributed by atoms with van der Waals surface area (Å²) in [6.07, 6.45) is 0. The lowest BCUT2D eigenvalue weighted by atomic mass is 10.3. The van der Waals surface area contributed by atoms with E-state index in [0.717, 1.165) is 11.1 Å². The van der Waals surface area contributed by atoms with Crippen LogP contribution in [0, 0.1) is 0 Å². The van der Waals surface area contributed by atoms with Gasteiger partial charge in [-0.3, -0.25) is 0 Å². The Morgan fingerprint density at radius 1 is 0.366 bits per heavy atom. The largest absolute Gasteiger partial charge is 0.491 e. The third kappa shape index (κ3) is 28.8. The number of hydrogen-bond acceptors (Lipinski definition) is 12. The van der Waals surface area contributed by atoms with Crippen LogP contribution in [-0.2, 0) is 47.4 Å². The van der Waals surface area contributed by atoms with E-state index in [0.29, 0.717) is 144 Å². The molecule has 0 bridgehead atoms. The minimum Gasteiger partial charge on any atom is -0.491 e. The molecule has 0 aliphatic carbocycles. The lowest BCUT2D eigenvalue weighted by molar-refractivity contribution is -0.0265. The van der Waals surface area contributed by atoms with E-state index in [1.807, 2.05) is 12.1 Å². The van der Waals surface area contributed by atoms with E-state index in [2.05, 4.69) is 15.9 Å². The molecule has 2 N–H and O–H groups in total. The summed E-state index contributed by atoms with van der Waals surface area (Å²) >= 11 is 3.30. The number of anilines is 1. The zero-order valence-corrected chi connectivity index (χ0v) is 25.9. The van der Waals surface area contributed by atoms with Gasteiger partial charge in [0.05, 0.1) is 132 Å². The molecule has 240 valence electrons. The smallest absolute Gasteiger partial charge is 0.119 e. The normalized spacial score (nSPS) is 11.3. The van der Waals surface area contributed by atoms with Gasteiger partial charge in [-0.1, -0.05) is 15.9 Å². The Morgan fingerprint density at radius 3 is 0.878 bits per heavy atom. The third-order valence-electron chi connectivity index (χ3n) is 4.95. The van der Waals surface area contributed by atoms with E-state index in [1.165, 1.54) is 0 Å². The number of ether oxygens (including phenoxy) is 11. The minimum absolute atomic E-state index is 0.478. The average Bonchev–Trinajstić information content (AvgIpc) is 2.98. The molecule has 41 heavy (non-hydrogen) atoms. The van der Waals surface area contributed by atoms with E-state index >= 15 is 0 Å². The van der Waals surface area contributed by atoms with Crippen LogP contribution in [0.3, 0.4) is 0 Å². The second kappa shape index (κ2) is 31.8. The molecule has 0 aliphatic rings. The summed E-state index contributed by atoms with van der Waals surface area (Å²) in [6, 6.07) is 7.27. The first-order valence-electron chi connectivity index (χ1n) is 14.1. The van der Waals surface area contributed by atoms with Crippen LogP contribution in [0.1, 0.15) is 0 Å². The fourth-order valence-corrected chi connectivity index (χ4v) is 3.15. The van der Waals surface area contributed by atoms with Crippen molar-refractivity contribution >= 4 is 21.6 Å². The van der Waals surface area contributed by atoms with Crippen LogP contribution in [0.15, 0.2) is 24.3 Å². The minimum atomic E-state index is 0.478. The molecular formula is C28H50BrNO11. The molecule has 0 spiro atoms. The molecule has 0 heterocycles. The standard InChI is InChI=1S/C28H50BrNO11/c29-5-6-31-7-8-32-9-10-33-11-12-34-13-14-35-15-16-36-17-18-37-19-20-38-21-22-39-23-24-40-25-26-41-28-3-1-27(30)2-4-28/h1-4H,5-26,30H2. The Hall–Kier alpha value is -1.10. The van der Waals surface area contributed by atoms with Crippen molar-refractivity contribution in [3.05, 3.63) is 24.3 Å². The lowest BCUT2D eigenvalue weighted by Crippen LogP contribution is -2.15. The monoisotopic (exact) mass is 655 g/mol. The van der Waals surface area contributed by atoms with Crippen molar-refractivity contribution in [3.63, 3.8) is 0 Å². The number of halogens is 1. The molecular weight excluding hydrogens is 606 g/mol. The van der Waals surface area contributed by atoms with Gasteiger partial charge in [0.25, 0.3) is 0 Å². The van der Waals surface area contributed by atoms with Crippen LogP contribution in [0.2, 0.25) is 0 Å². The van der Waals surface area contributed by atoms with Gasteiger partial charge in [-0.15, -0.1) is 0 Å². The first-order valence-corrected chi connectivity index (χ1v) is 15.3. The fourth-order valence-electron chi connectivity index (χ4n) is 2.92. The van der Waals surface area contributed by atoms with Crippen molar-refractivity contribution in [2.24, 2.45) is 0 Å². The number of alkyl halides is 1. The molecule has 1 aromatic carbocycles. The first-order chi connectivity index (χ1) is 20.3.